The van der Waals surface area contributed by atoms with Crippen molar-refractivity contribution in [3.8, 4) is 0 Å². The van der Waals surface area contributed by atoms with Crippen LogP contribution in [0.2, 0.25) is 0 Å². The van der Waals surface area contributed by atoms with E-state index >= 15 is 0 Å². The minimum atomic E-state index is -0.0724. The molecule has 1 rings (SSSR count). The smallest absolute Gasteiger partial charge is 0.160 e. The first-order valence-corrected chi connectivity index (χ1v) is 4.92. The summed E-state index contributed by atoms with van der Waals surface area (Å²) in [5, 5.41) is 3.22. The van der Waals surface area contributed by atoms with Gasteiger partial charge in [-0.1, -0.05) is 12.2 Å². The molecular formula is C9H17NO2S. The van der Waals surface area contributed by atoms with Gasteiger partial charge in [0.15, 0.2) is 6.29 Å². The fourth-order valence-electron chi connectivity index (χ4n) is 1.47. The second kappa shape index (κ2) is 4.35. The molecular weight excluding hydrogens is 186 g/mol. The summed E-state index contributed by atoms with van der Waals surface area (Å²) in [5.74, 6) is 0. The Labute approximate surface area is 84.8 Å². The van der Waals surface area contributed by atoms with Crippen molar-refractivity contribution in [3.63, 3.8) is 0 Å². The van der Waals surface area contributed by atoms with Crippen LogP contribution in [0.3, 0.4) is 0 Å². The van der Waals surface area contributed by atoms with Gasteiger partial charge < -0.3 is 14.8 Å². The van der Waals surface area contributed by atoms with E-state index in [9.17, 15) is 0 Å². The second-order valence-corrected chi connectivity index (χ2v) is 4.55. The molecule has 1 fully saturated rings. The molecule has 1 aliphatic rings. The van der Waals surface area contributed by atoms with Crippen molar-refractivity contribution in [2.75, 3.05) is 13.2 Å². The van der Waals surface area contributed by atoms with E-state index in [2.05, 4.69) is 19.2 Å². The molecule has 0 aromatic carbocycles. The number of hydrogen-bond donors (Lipinski definition) is 1. The van der Waals surface area contributed by atoms with E-state index in [-0.39, 0.29) is 11.8 Å². The highest BCUT2D eigenvalue weighted by Crippen LogP contribution is 2.17. The number of hydrogen-bond acceptors (Lipinski definition) is 3. The second-order valence-electron chi connectivity index (χ2n) is 3.94. The Morgan fingerprint density at radius 3 is 2.46 bits per heavy atom. The fraction of sp³-hybridized carbons (Fsp3) is 0.889. The monoisotopic (exact) mass is 203 g/mol. The Kier molecular flexibility index (Phi) is 3.64. The predicted octanol–water partition coefficient (Wildman–Crippen LogP) is 1.46. The molecule has 1 N–H and O–H groups in total. The number of ether oxygens (including phenoxy) is 2. The molecule has 13 heavy (non-hydrogen) atoms. The van der Waals surface area contributed by atoms with Gasteiger partial charge in [-0.25, -0.2) is 0 Å². The summed E-state index contributed by atoms with van der Waals surface area (Å²) in [6, 6.07) is 0. The van der Waals surface area contributed by atoms with Gasteiger partial charge in [-0.2, -0.15) is 0 Å². The zero-order valence-corrected chi connectivity index (χ0v) is 9.24. The molecule has 0 bridgehead atoms. The van der Waals surface area contributed by atoms with Crippen LogP contribution >= 0.6 is 12.2 Å². The van der Waals surface area contributed by atoms with Crippen molar-refractivity contribution < 1.29 is 9.47 Å². The molecule has 0 unspecified atom stereocenters. The highest BCUT2D eigenvalue weighted by molar-refractivity contribution is 7.80. The molecule has 0 aromatic heterocycles. The molecule has 76 valence electrons. The molecule has 0 spiro atoms. The van der Waals surface area contributed by atoms with E-state index in [4.69, 9.17) is 21.7 Å². The molecule has 0 saturated carbocycles. The third-order valence-corrected chi connectivity index (χ3v) is 1.98. The number of thiocarbonyl (C=S) groups is 1. The lowest BCUT2D eigenvalue weighted by Crippen LogP contribution is -2.44. The Morgan fingerprint density at radius 2 is 2.00 bits per heavy atom. The molecule has 1 aliphatic heterocycles. The lowest BCUT2D eigenvalue weighted by molar-refractivity contribution is -0.0589. The van der Waals surface area contributed by atoms with Crippen LogP contribution in [0.25, 0.3) is 0 Å². The van der Waals surface area contributed by atoms with Crippen LogP contribution in [-0.2, 0) is 9.47 Å². The van der Waals surface area contributed by atoms with Gasteiger partial charge in [0, 0.05) is 12.0 Å². The van der Waals surface area contributed by atoms with Gasteiger partial charge in [-0.15, -0.1) is 0 Å². The van der Waals surface area contributed by atoms with Gasteiger partial charge in [0.05, 0.1) is 18.2 Å². The first-order valence-electron chi connectivity index (χ1n) is 4.51. The van der Waals surface area contributed by atoms with E-state index in [1.165, 1.54) is 0 Å². The van der Waals surface area contributed by atoms with Crippen LogP contribution in [0, 0.1) is 0 Å². The zero-order valence-electron chi connectivity index (χ0n) is 8.42. The average Bonchev–Trinajstić information content (AvgIpc) is 2.34. The topological polar surface area (TPSA) is 30.5 Å². The highest BCUT2D eigenvalue weighted by atomic mass is 32.1. The summed E-state index contributed by atoms with van der Waals surface area (Å²) in [5.41, 5.74) is -0.0547. The maximum Gasteiger partial charge on any atom is 0.160 e. The SMILES string of the molecule is CC(=S)NC(C)(C)CC1OCCO1. The Hall–Kier alpha value is -0.190. The summed E-state index contributed by atoms with van der Waals surface area (Å²) in [7, 11) is 0. The van der Waals surface area contributed by atoms with Gasteiger partial charge in [0.25, 0.3) is 0 Å². The molecule has 4 heteroatoms. The van der Waals surface area contributed by atoms with Crippen LogP contribution in [0.15, 0.2) is 0 Å². The van der Waals surface area contributed by atoms with E-state index in [1.807, 2.05) is 6.92 Å². The Morgan fingerprint density at radius 1 is 1.46 bits per heavy atom. The summed E-state index contributed by atoms with van der Waals surface area (Å²) in [6.45, 7) is 7.48. The molecule has 0 amide bonds. The van der Waals surface area contributed by atoms with Crippen molar-refractivity contribution in [1.82, 2.24) is 5.32 Å². The molecule has 0 radical (unpaired) electrons. The number of rotatable bonds is 3. The lowest BCUT2D eigenvalue weighted by Gasteiger charge is -2.28. The maximum atomic E-state index is 5.36. The molecule has 1 saturated heterocycles. The van der Waals surface area contributed by atoms with Crippen molar-refractivity contribution >= 4 is 17.2 Å². The Balaban J connectivity index is 2.35. The van der Waals surface area contributed by atoms with Gasteiger partial charge in [-0.05, 0) is 20.8 Å². The van der Waals surface area contributed by atoms with E-state index in [0.717, 1.165) is 11.4 Å². The average molecular weight is 203 g/mol. The van der Waals surface area contributed by atoms with Gasteiger partial charge in [0.1, 0.15) is 0 Å². The minimum Gasteiger partial charge on any atom is -0.375 e. The quantitative estimate of drug-likeness (QED) is 0.704. The van der Waals surface area contributed by atoms with Gasteiger partial charge in [0.2, 0.25) is 0 Å². The van der Waals surface area contributed by atoms with Crippen LogP contribution in [-0.4, -0.2) is 30.0 Å². The third-order valence-electron chi connectivity index (χ3n) is 1.88. The van der Waals surface area contributed by atoms with Gasteiger partial charge >= 0.3 is 0 Å². The summed E-state index contributed by atoms with van der Waals surface area (Å²) >= 11 is 4.99. The largest absolute Gasteiger partial charge is 0.375 e. The molecule has 3 nitrogen and oxygen atoms in total. The van der Waals surface area contributed by atoms with E-state index in [1.54, 1.807) is 0 Å². The molecule has 0 atom stereocenters. The Bertz CT molecular complexity index is 188. The van der Waals surface area contributed by atoms with Crippen molar-refractivity contribution in [3.05, 3.63) is 0 Å². The summed E-state index contributed by atoms with van der Waals surface area (Å²) < 4.78 is 10.7. The molecule has 1 heterocycles. The molecule has 0 aliphatic carbocycles. The summed E-state index contributed by atoms with van der Waals surface area (Å²) in [6.07, 6.45) is 0.748. The van der Waals surface area contributed by atoms with Crippen molar-refractivity contribution in [1.29, 1.82) is 0 Å². The normalized spacial score (nSPS) is 19.0. The molecule has 0 aromatic rings. The van der Waals surface area contributed by atoms with Crippen LogP contribution in [0.1, 0.15) is 27.2 Å². The first-order chi connectivity index (χ1) is 5.99. The standard InChI is InChI=1S/C9H17NO2S/c1-7(13)10-9(2,3)6-8-11-4-5-12-8/h8H,4-6H2,1-3H3,(H,10,13). The van der Waals surface area contributed by atoms with Crippen LogP contribution < -0.4 is 5.32 Å². The minimum absolute atomic E-state index is 0.0547. The predicted molar refractivity (Wildman–Crippen MR) is 55.8 cm³/mol. The van der Waals surface area contributed by atoms with Crippen LogP contribution in [0.5, 0.6) is 0 Å². The summed E-state index contributed by atoms with van der Waals surface area (Å²) in [4.78, 5) is 0.808. The lowest BCUT2D eigenvalue weighted by atomic mass is 10.0. The maximum absolute atomic E-state index is 5.36. The first kappa shape index (κ1) is 10.9. The number of nitrogens with one attached hydrogen (secondary N) is 1. The van der Waals surface area contributed by atoms with E-state index < -0.39 is 0 Å². The van der Waals surface area contributed by atoms with Crippen molar-refractivity contribution in [2.24, 2.45) is 0 Å². The fourth-order valence-corrected chi connectivity index (χ4v) is 1.75. The highest BCUT2D eigenvalue weighted by Gasteiger charge is 2.26. The van der Waals surface area contributed by atoms with Crippen LogP contribution in [0.4, 0.5) is 0 Å². The van der Waals surface area contributed by atoms with Crippen molar-refractivity contribution in [2.45, 2.75) is 39.0 Å². The van der Waals surface area contributed by atoms with Gasteiger partial charge in [-0.3, -0.25) is 0 Å². The van der Waals surface area contributed by atoms with E-state index in [0.29, 0.717) is 13.2 Å². The third kappa shape index (κ3) is 4.02. The zero-order chi connectivity index (χ0) is 9.90.